The Balaban J connectivity index is 1.88. The van der Waals surface area contributed by atoms with Crippen molar-refractivity contribution in [2.75, 3.05) is 11.2 Å². The van der Waals surface area contributed by atoms with Crippen LogP contribution in [0.5, 0.6) is 0 Å². The highest BCUT2D eigenvalue weighted by Crippen LogP contribution is 2.28. The molecule has 0 saturated carbocycles. The largest absolute Gasteiger partial charge is 0.314 e. The van der Waals surface area contributed by atoms with Crippen LogP contribution in [0, 0.1) is 5.82 Å². The SMILES string of the molecule is Fc1cccc(C2CSc3nncn3N2)c1. The van der Waals surface area contributed by atoms with E-state index in [4.69, 9.17) is 0 Å². The molecule has 0 bridgehead atoms. The van der Waals surface area contributed by atoms with E-state index in [0.29, 0.717) is 0 Å². The first-order chi connectivity index (χ1) is 7.83. The van der Waals surface area contributed by atoms with E-state index in [9.17, 15) is 4.39 Å². The van der Waals surface area contributed by atoms with Crippen LogP contribution in [0.3, 0.4) is 0 Å². The summed E-state index contributed by atoms with van der Waals surface area (Å²) in [4.78, 5) is 0. The molecule has 16 heavy (non-hydrogen) atoms. The van der Waals surface area contributed by atoms with Crippen LogP contribution in [0.15, 0.2) is 35.7 Å². The summed E-state index contributed by atoms with van der Waals surface area (Å²) in [5.74, 6) is 0.612. The summed E-state index contributed by atoms with van der Waals surface area (Å²) in [5.41, 5.74) is 4.16. The molecule has 0 saturated heterocycles. The van der Waals surface area contributed by atoms with Crippen LogP contribution in [-0.2, 0) is 0 Å². The summed E-state index contributed by atoms with van der Waals surface area (Å²) < 4.78 is 14.9. The fraction of sp³-hybridized carbons (Fsp3) is 0.200. The highest BCUT2D eigenvalue weighted by atomic mass is 32.2. The van der Waals surface area contributed by atoms with Gasteiger partial charge in [-0.1, -0.05) is 23.9 Å². The quantitative estimate of drug-likeness (QED) is 0.820. The normalized spacial score (nSPS) is 18.9. The van der Waals surface area contributed by atoms with E-state index < -0.39 is 0 Å². The van der Waals surface area contributed by atoms with Gasteiger partial charge in [-0.15, -0.1) is 10.2 Å². The number of fused-ring (bicyclic) bond motifs is 1. The smallest absolute Gasteiger partial charge is 0.209 e. The number of thioether (sulfide) groups is 1. The Kier molecular flexibility index (Phi) is 2.28. The Morgan fingerprint density at radius 2 is 2.44 bits per heavy atom. The summed E-state index contributed by atoms with van der Waals surface area (Å²) in [6.45, 7) is 0. The topological polar surface area (TPSA) is 42.7 Å². The molecule has 1 unspecified atom stereocenters. The highest BCUT2D eigenvalue weighted by molar-refractivity contribution is 7.99. The zero-order valence-electron chi connectivity index (χ0n) is 8.30. The van der Waals surface area contributed by atoms with Gasteiger partial charge in [-0.05, 0) is 17.7 Å². The molecule has 1 aliphatic heterocycles. The molecule has 4 nitrogen and oxygen atoms in total. The van der Waals surface area contributed by atoms with E-state index in [1.165, 1.54) is 6.07 Å². The lowest BCUT2D eigenvalue weighted by molar-refractivity contribution is 0.615. The van der Waals surface area contributed by atoms with Gasteiger partial charge >= 0.3 is 0 Å². The fourth-order valence-electron chi connectivity index (χ4n) is 1.67. The van der Waals surface area contributed by atoms with Crippen LogP contribution in [0.1, 0.15) is 11.6 Å². The van der Waals surface area contributed by atoms with Crippen molar-refractivity contribution >= 4 is 11.8 Å². The number of hydrogen-bond acceptors (Lipinski definition) is 4. The Morgan fingerprint density at radius 1 is 1.50 bits per heavy atom. The molecular weight excluding hydrogens is 227 g/mol. The molecule has 3 rings (SSSR count). The van der Waals surface area contributed by atoms with Crippen molar-refractivity contribution in [2.24, 2.45) is 0 Å². The number of rotatable bonds is 1. The second kappa shape index (κ2) is 3.79. The van der Waals surface area contributed by atoms with Gasteiger partial charge in [-0.2, -0.15) is 0 Å². The Morgan fingerprint density at radius 3 is 3.31 bits per heavy atom. The predicted molar refractivity (Wildman–Crippen MR) is 59.2 cm³/mol. The molecule has 0 radical (unpaired) electrons. The van der Waals surface area contributed by atoms with Gasteiger partial charge in [0.25, 0.3) is 0 Å². The molecule has 0 aliphatic carbocycles. The summed E-state index contributed by atoms with van der Waals surface area (Å²) in [6.07, 6.45) is 1.62. The summed E-state index contributed by atoms with van der Waals surface area (Å²) >= 11 is 1.61. The molecule has 2 aromatic rings. The maximum absolute atomic E-state index is 13.1. The number of nitrogens with zero attached hydrogens (tertiary/aromatic N) is 3. The molecule has 0 amide bonds. The van der Waals surface area contributed by atoms with Crippen LogP contribution >= 0.6 is 11.8 Å². The maximum atomic E-state index is 13.1. The van der Waals surface area contributed by atoms with Crippen LogP contribution < -0.4 is 5.43 Å². The molecule has 0 spiro atoms. The molecule has 1 aromatic heterocycles. The lowest BCUT2D eigenvalue weighted by atomic mass is 10.1. The Labute approximate surface area is 95.8 Å². The van der Waals surface area contributed by atoms with Gasteiger partial charge in [-0.25, -0.2) is 9.07 Å². The van der Waals surface area contributed by atoms with Gasteiger partial charge in [-0.3, -0.25) is 0 Å². The van der Waals surface area contributed by atoms with E-state index in [-0.39, 0.29) is 11.9 Å². The lowest BCUT2D eigenvalue weighted by Crippen LogP contribution is -2.27. The molecule has 1 aromatic carbocycles. The van der Waals surface area contributed by atoms with Gasteiger partial charge < -0.3 is 5.43 Å². The third kappa shape index (κ3) is 1.65. The molecular formula is C10H9FN4S. The minimum atomic E-state index is -0.209. The number of aromatic nitrogens is 3. The molecule has 1 aliphatic rings. The zero-order chi connectivity index (χ0) is 11.0. The maximum Gasteiger partial charge on any atom is 0.209 e. The van der Waals surface area contributed by atoms with E-state index in [0.717, 1.165) is 16.5 Å². The van der Waals surface area contributed by atoms with Gasteiger partial charge in [0.05, 0.1) is 6.04 Å². The fourth-order valence-corrected chi connectivity index (χ4v) is 2.60. The van der Waals surface area contributed by atoms with Crippen molar-refractivity contribution in [2.45, 2.75) is 11.2 Å². The monoisotopic (exact) mass is 236 g/mol. The molecule has 1 atom stereocenters. The Bertz CT molecular complexity index is 513. The van der Waals surface area contributed by atoms with Crippen LogP contribution in [0.2, 0.25) is 0 Å². The first-order valence-electron chi connectivity index (χ1n) is 4.88. The van der Waals surface area contributed by atoms with E-state index in [2.05, 4.69) is 15.6 Å². The molecule has 82 valence electrons. The van der Waals surface area contributed by atoms with Gasteiger partial charge in [0.2, 0.25) is 5.16 Å². The van der Waals surface area contributed by atoms with E-state index >= 15 is 0 Å². The highest BCUT2D eigenvalue weighted by Gasteiger charge is 2.20. The summed E-state index contributed by atoms with van der Waals surface area (Å²) in [5, 5.41) is 8.59. The third-order valence-corrected chi connectivity index (χ3v) is 3.48. The van der Waals surface area contributed by atoms with Crippen molar-refractivity contribution in [3.05, 3.63) is 42.0 Å². The second-order valence-electron chi connectivity index (χ2n) is 3.53. The van der Waals surface area contributed by atoms with E-state index in [1.54, 1.807) is 34.9 Å². The third-order valence-electron chi connectivity index (χ3n) is 2.44. The van der Waals surface area contributed by atoms with Crippen molar-refractivity contribution in [3.8, 4) is 0 Å². The number of benzene rings is 1. The predicted octanol–water partition coefficient (Wildman–Crippen LogP) is 1.81. The van der Waals surface area contributed by atoms with E-state index in [1.807, 2.05) is 6.07 Å². The van der Waals surface area contributed by atoms with Crippen LogP contribution in [0.4, 0.5) is 4.39 Å². The minimum absolute atomic E-state index is 0.0872. The molecule has 1 N–H and O–H groups in total. The zero-order valence-corrected chi connectivity index (χ0v) is 9.12. The van der Waals surface area contributed by atoms with Crippen molar-refractivity contribution in [1.82, 2.24) is 14.9 Å². The first-order valence-corrected chi connectivity index (χ1v) is 5.86. The van der Waals surface area contributed by atoms with Crippen LogP contribution in [0.25, 0.3) is 0 Å². The van der Waals surface area contributed by atoms with Crippen molar-refractivity contribution < 1.29 is 4.39 Å². The first kappa shape index (κ1) is 9.65. The molecule has 2 heterocycles. The average Bonchev–Trinajstić information content (AvgIpc) is 2.75. The molecule has 6 heteroatoms. The number of halogens is 1. The summed E-state index contributed by atoms with van der Waals surface area (Å²) in [6, 6.07) is 6.72. The van der Waals surface area contributed by atoms with Gasteiger partial charge in [0, 0.05) is 5.75 Å². The minimum Gasteiger partial charge on any atom is -0.314 e. The van der Waals surface area contributed by atoms with Crippen molar-refractivity contribution in [3.63, 3.8) is 0 Å². The van der Waals surface area contributed by atoms with Crippen molar-refractivity contribution in [1.29, 1.82) is 0 Å². The average molecular weight is 236 g/mol. The number of nitrogens with one attached hydrogen (secondary N) is 1. The second-order valence-corrected chi connectivity index (χ2v) is 4.52. The lowest BCUT2D eigenvalue weighted by Gasteiger charge is -2.25. The van der Waals surface area contributed by atoms with Gasteiger partial charge in [0.1, 0.15) is 12.1 Å². The Hall–Kier alpha value is -1.56. The molecule has 0 fully saturated rings. The van der Waals surface area contributed by atoms with Gasteiger partial charge in [0.15, 0.2) is 0 Å². The van der Waals surface area contributed by atoms with Crippen LogP contribution in [-0.4, -0.2) is 20.6 Å². The number of hydrogen-bond donors (Lipinski definition) is 1. The standard InChI is InChI=1S/C10H9FN4S/c11-8-3-1-2-7(4-8)9-5-16-10-13-12-6-15(10)14-9/h1-4,6,9,14H,5H2. The summed E-state index contributed by atoms with van der Waals surface area (Å²) in [7, 11) is 0.